The fourth-order valence-corrected chi connectivity index (χ4v) is 3.09. The van der Waals surface area contributed by atoms with E-state index in [1.807, 2.05) is 37.4 Å². The number of nitrogens with zero attached hydrogens (tertiary/aromatic N) is 1. The Bertz CT molecular complexity index is 577. The highest BCUT2D eigenvalue weighted by Crippen LogP contribution is 2.35. The van der Waals surface area contributed by atoms with Crippen molar-refractivity contribution in [3.63, 3.8) is 0 Å². The molecule has 0 saturated heterocycles. The van der Waals surface area contributed by atoms with Crippen molar-refractivity contribution in [3.8, 4) is 0 Å². The number of anilines is 1. The first kappa shape index (κ1) is 16.3. The highest BCUT2D eigenvalue weighted by Gasteiger charge is 2.24. The Labute approximate surface area is 133 Å². The normalized spacial score (nSPS) is 22.3. The molecule has 2 rings (SSSR count). The smallest absolute Gasteiger partial charge is 0.0879 e. The minimum atomic E-state index is 0.545. The zero-order valence-corrected chi connectivity index (χ0v) is 13.7. The molecule has 1 aromatic heterocycles. The van der Waals surface area contributed by atoms with Gasteiger partial charge in [0.2, 0.25) is 0 Å². The molecule has 0 aliphatic heterocycles. The number of H-pyrrole nitrogens is 1. The van der Waals surface area contributed by atoms with Gasteiger partial charge in [-0.3, -0.25) is 5.10 Å². The Morgan fingerprint density at radius 1 is 1.32 bits per heavy atom. The lowest BCUT2D eigenvalue weighted by molar-refractivity contribution is 0.295. The highest BCUT2D eigenvalue weighted by atomic mass is 15.1. The third-order valence-corrected chi connectivity index (χ3v) is 4.42. The summed E-state index contributed by atoms with van der Waals surface area (Å²) in [6, 6.07) is 0. The van der Waals surface area contributed by atoms with Crippen LogP contribution in [0.25, 0.3) is 5.57 Å². The largest absolute Gasteiger partial charge is 0.356 e. The van der Waals surface area contributed by atoms with Crippen molar-refractivity contribution in [1.29, 1.82) is 0 Å². The molecule has 0 bridgehead atoms. The van der Waals surface area contributed by atoms with Crippen LogP contribution in [-0.4, -0.2) is 10.2 Å². The quantitative estimate of drug-likeness (QED) is 0.699. The summed E-state index contributed by atoms with van der Waals surface area (Å²) in [6.45, 7) is 12.7. The van der Waals surface area contributed by atoms with Gasteiger partial charge in [0.25, 0.3) is 0 Å². The molecule has 22 heavy (non-hydrogen) atoms. The predicted octanol–water partition coefficient (Wildman–Crippen LogP) is 5.31. The monoisotopic (exact) mass is 297 g/mol. The molecule has 1 aliphatic carbocycles. The fraction of sp³-hybridized carbons (Fsp3) is 0.421. The second kappa shape index (κ2) is 7.83. The highest BCUT2D eigenvalue weighted by molar-refractivity contribution is 5.78. The van der Waals surface area contributed by atoms with Crippen LogP contribution < -0.4 is 5.32 Å². The molecular formula is C19H27N3. The SMILES string of the molecule is C=C(/C=C\C=C/C)c1[nH]ncc1NC(=C)[C@H]1CCCC[C@H]1C. The maximum atomic E-state index is 4.27. The van der Waals surface area contributed by atoms with Crippen LogP contribution in [0.5, 0.6) is 0 Å². The van der Waals surface area contributed by atoms with E-state index in [4.69, 9.17) is 0 Å². The number of hydrogen-bond acceptors (Lipinski definition) is 2. The third-order valence-electron chi connectivity index (χ3n) is 4.42. The van der Waals surface area contributed by atoms with Crippen LogP contribution in [0.15, 0.2) is 49.4 Å². The van der Waals surface area contributed by atoms with Crippen LogP contribution in [0.3, 0.4) is 0 Å². The molecule has 1 aromatic rings. The lowest BCUT2D eigenvalue weighted by atomic mass is 9.79. The summed E-state index contributed by atoms with van der Waals surface area (Å²) in [5, 5.41) is 10.6. The van der Waals surface area contributed by atoms with Crippen molar-refractivity contribution in [3.05, 3.63) is 55.0 Å². The summed E-state index contributed by atoms with van der Waals surface area (Å²) in [6.07, 6.45) is 14.9. The van der Waals surface area contributed by atoms with Crippen molar-refractivity contribution in [2.45, 2.75) is 39.5 Å². The summed E-state index contributed by atoms with van der Waals surface area (Å²) in [5.41, 5.74) is 3.88. The first-order chi connectivity index (χ1) is 10.6. The van der Waals surface area contributed by atoms with Gasteiger partial charge in [0.05, 0.1) is 17.6 Å². The van der Waals surface area contributed by atoms with E-state index in [1.165, 1.54) is 25.7 Å². The lowest BCUT2D eigenvalue weighted by Gasteiger charge is -2.30. The van der Waals surface area contributed by atoms with Gasteiger partial charge < -0.3 is 5.32 Å². The summed E-state index contributed by atoms with van der Waals surface area (Å²) in [5.74, 6) is 1.24. The van der Waals surface area contributed by atoms with E-state index in [1.54, 1.807) is 0 Å². The van der Waals surface area contributed by atoms with E-state index < -0.39 is 0 Å². The standard InChI is InChI=1S/C19H27N3/c1-5-6-7-11-15(3)19-18(13-20-22-19)21-16(4)17-12-9-8-10-14(17)2/h5-7,11,13-14,17,21H,3-4,8-10,12H2,1-2H3,(H,20,22)/b6-5-,11-7-/t14-,17+/m1/s1. The van der Waals surface area contributed by atoms with Crippen molar-refractivity contribution in [2.24, 2.45) is 11.8 Å². The average molecular weight is 297 g/mol. The molecule has 0 aromatic carbocycles. The average Bonchev–Trinajstić information content (AvgIpc) is 2.96. The van der Waals surface area contributed by atoms with Gasteiger partial charge >= 0.3 is 0 Å². The minimum absolute atomic E-state index is 0.545. The van der Waals surface area contributed by atoms with Crippen molar-refractivity contribution >= 4 is 11.3 Å². The van der Waals surface area contributed by atoms with Crippen molar-refractivity contribution in [2.75, 3.05) is 5.32 Å². The molecule has 118 valence electrons. The van der Waals surface area contributed by atoms with E-state index in [-0.39, 0.29) is 0 Å². The zero-order valence-electron chi connectivity index (χ0n) is 13.7. The maximum Gasteiger partial charge on any atom is 0.0879 e. The van der Waals surface area contributed by atoms with Gasteiger partial charge in [-0.2, -0.15) is 5.10 Å². The maximum absolute atomic E-state index is 4.27. The number of allylic oxidation sites excluding steroid dienone is 6. The molecule has 2 N–H and O–H groups in total. The molecule has 3 heteroatoms. The second-order valence-electron chi connectivity index (χ2n) is 6.09. The van der Waals surface area contributed by atoms with Crippen LogP contribution in [0.2, 0.25) is 0 Å². The molecular weight excluding hydrogens is 270 g/mol. The molecule has 0 spiro atoms. The van der Waals surface area contributed by atoms with Gasteiger partial charge in [-0.15, -0.1) is 0 Å². The van der Waals surface area contributed by atoms with E-state index in [0.717, 1.165) is 22.7 Å². The molecule has 0 amide bonds. The Morgan fingerprint density at radius 2 is 2.09 bits per heavy atom. The molecule has 1 aliphatic rings. The van der Waals surface area contributed by atoms with Gasteiger partial charge in [0.15, 0.2) is 0 Å². The first-order valence-electron chi connectivity index (χ1n) is 8.11. The molecule has 1 saturated carbocycles. The molecule has 1 fully saturated rings. The van der Waals surface area contributed by atoms with E-state index in [0.29, 0.717) is 11.8 Å². The van der Waals surface area contributed by atoms with E-state index in [9.17, 15) is 0 Å². The van der Waals surface area contributed by atoms with Gasteiger partial charge in [0.1, 0.15) is 0 Å². The molecule has 0 unspecified atom stereocenters. The number of hydrogen-bond donors (Lipinski definition) is 2. The van der Waals surface area contributed by atoms with Crippen LogP contribution in [-0.2, 0) is 0 Å². The Kier molecular flexibility index (Phi) is 5.82. The number of nitrogens with one attached hydrogen (secondary N) is 2. The van der Waals surface area contributed by atoms with Crippen LogP contribution in [0.1, 0.15) is 45.2 Å². The summed E-state index contributed by atoms with van der Waals surface area (Å²) >= 11 is 0. The Morgan fingerprint density at radius 3 is 2.82 bits per heavy atom. The van der Waals surface area contributed by atoms with Crippen LogP contribution in [0.4, 0.5) is 5.69 Å². The molecule has 0 radical (unpaired) electrons. The van der Waals surface area contributed by atoms with E-state index >= 15 is 0 Å². The predicted molar refractivity (Wildman–Crippen MR) is 95.5 cm³/mol. The molecule has 2 atom stereocenters. The fourth-order valence-electron chi connectivity index (χ4n) is 3.09. The second-order valence-corrected chi connectivity index (χ2v) is 6.09. The van der Waals surface area contributed by atoms with Gasteiger partial charge in [-0.25, -0.2) is 0 Å². The Balaban J connectivity index is 2.06. The van der Waals surface area contributed by atoms with Crippen LogP contribution in [0, 0.1) is 11.8 Å². The molecule has 1 heterocycles. The summed E-state index contributed by atoms with van der Waals surface area (Å²) < 4.78 is 0. The number of aromatic nitrogens is 2. The van der Waals surface area contributed by atoms with Gasteiger partial charge in [-0.05, 0) is 24.8 Å². The first-order valence-corrected chi connectivity index (χ1v) is 8.11. The van der Waals surface area contributed by atoms with E-state index in [2.05, 4.69) is 35.6 Å². The topological polar surface area (TPSA) is 40.7 Å². The van der Waals surface area contributed by atoms with Crippen molar-refractivity contribution in [1.82, 2.24) is 10.2 Å². The van der Waals surface area contributed by atoms with Gasteiger partial charge in [0, 0.05) is 11.6 Å². The van der Waals surface area contributed by atoms with Crippen molar-refractivity contribution < 1.29 is 0 Å². The number of aromatic amines is 1. The zero-order chi connectivity index (χ0) is 15.9. The summed E-state index contributed by atoms with van der Waals surface area (Å²) in [4.78, 5) is 0. The Hall–Kier alpha value is -2.03. The third kappa shape index (κ3) is 4.00. The lowest BCUT2D eigenvalue weighted by Crippen LogP contribution is -2.22. The van der Waals surface area contributed by atoms with Crippen LogP contribution >= 0.6 is 0 Å². The summed E-state index contributed by atoms with van der Waals surface area (Å²) in [7, 11) is 0. The minimum Gasteiger partial charge on any atom is -0.356 e. The van der Waals surface area contributed by atoms with Gasteiger partial charge in [-0.1, -0.05) is 63.6 Å². The molecule has 3 nitrogen and oxygen atoms in total. The number of rotatable bonds is 6.